The van der Waals surface area contributed by atoms with E-state index in [-0.39, 0.29) is 50.8 Å². The number of hydrogen-bond donors (Lipinski definition) is 0. The second-order valence-electron chi connectivity index (χ2n) is 6.89. The maximum Gasteiger partial charge on any atom is 0.343 e. The first-order valence-corrected chi connectivity index (χ1v) is 8.59. The molecule has 134 valence electrons. The highest BCUT2D eigenvalue weighted by Gasteiger charge is 2.30. The number of esters is 1. The highest BCUT2D eigenvalue weighted by molar-refractivity contribution is 6.45. The molecular formula is C17H21Cl3O4. The molecule has 1 aromatic rings. The zero-order valence-corrected chi connectivity index (χ0v) is 16.6. The van der Waals surface area contributed by atoms with Crippen molar-refractivity contribution in [1.82, 2.24) is 0 Å². The Hall–Kier alpha value is -0.970. The van der Waals surface area contributed by atoms with Gasteiger partial charge in [-0.1, -0.05) is 69.4 Å². The highest BCUT2D eigenvalue weighted by atomic mass is 35.5. The lowest BCUT2D eigenvalue weighted by molar-refractivity contribution is -0.120. The molecule has 0 heterocycles. The van der Waals surface area contributed by atoms with Crippen LogP contribution in [0, 0.1) is 17.3 Å². The summed E-state index contributed by atoms with van der Waals surface area (Å²) in [4.78, 5) is 23.2. The molecule has 1 unspecified atom stereocenters. The Bertz CT molecular complexity index is 621. The van der Waals surface area contributed by atoms with Gasteiger partial charge in [0.05, 0.1) is 21.7 Å². The van der Waals surface area contributed by atoms with Crippen LogP contribution in [0.25, 0.3) is 0 Å². The van der Waals surface area contributed by atoms with Gasteiger partial charge in [-0.25, -0.2) is 4.79 Å². The Labute approximate surface area is 157 Å². The van der Waals surface area contributed by atoms with Crippen molar-refractivity contribution >= 4 is 47.2 Å². The van der Waals surface area contributed by atoms with Gasteiger partial charge in [0.15, 0.2) is 5.75 Å². The van der Waals surface area contributed by atoms with Crippen LogP contribution in [0.1, 0.15) is 45.0 Å². The minimum absolute atomic E-state index is 0.000295. The Morgan fingerprint density at radius 2 is 1.79 bits per heavy atom. The van der Waals surface area contributed by atoms with Crippen LogP contribution < -0.4 is 4.74 Å². The standard InChI is InChI=1S/C17H21Cl3O4/c1-9(2)10(17(3,4)5)7-23-16(22)13-14(20)11(18)6-12(19)15(13)24-8-21/h6,8-10H,7H2,1-5H3. The summed E-state index contributed by atoms with van der Waals surface area (Å²) < 4.78 is 10.2. The van der Waals surface area contributed by atoms with Crippen molar-refractivity contribution in [1.29, 1.82) is 0 Å². The first-order valence-electron chi connectivity index (χ1n) is 7.45. The molecule has 1 atom stereocenters. The van der Waals surface area contributed by atoms with E-state index < -0.39 is 5.97 Å². The first kappa shape index (κ1) is 21.1. The Morgan fingerprint density at radius 1 is 1.21 bits per heavy atom. The molecule has 0 aromatic heterocycles. The summed E-state index contributed by atoms with van der Waals surface area (Å²) in [6.07, 6.45) is 0. The van der Waals surface area contributed by atoms with Crippen LogP contribution in [0.15, 0.2) is 6.07 Å². The molecule has 1 aromatic carbocycles. The second-order valence-corrected chi connectivity index (χ2v) is 8.08. The molecule has 0 spiro atoms. The lowest BCUT2D eigenvalue weighted by Gasteiger charge is -2.33. The highest BCUT2D eigenvalue weighted by Crippen LogP contribution is 2.40. The van der Waals surface area contributed by atoms with Crippen LogP contribution in [-0.2, 0) is 9.53 Å². The van der Waals surface area contributed by atoms with E-state index in [1.165, 1.54) is 6.07 Å². The SMILES string of the molecule is CC(C)C(COC(=O)c1c(Cl)c(Cl)cc(Cl)c1OC=O)C(C)(C)C. The molecule has 24 heavy (non-hydrogen) atoms. The minimum atomic E-state index is -0.740. The van der Waals surface area contributed by atoms with Gasteiger partial charge < -0.3 is 9.47 Å². The molecular weight excluding hydrogens is 375 g/mol. The van der Waals surface area contributed by atoms with Crippen LogP contribution in [0.3, 0.4) is 0 Å². The fraction of sp³-hybridized carbons (Fsp3) is 0.529. The Balaban J connectivity index is 3.13. The molecule has 0 aliphatic carbocycles. The fourth-order valence-corrected chi connectivity index (χ4v) is 3.33. The van der Waals surface area contributed by atoms with Crippen molar-refractivity contribution in [3.05, 3.63) is 26.7 Å². The van der Waals surface area contributed by atoms with Crippen LogP contribution in [0.5, 0.6) is 5.75 Å². The van der Waals surface area contributed by atoms with Gasteiger partial charge in [-0.15, -0.1) is 0 Å². The number of halogens is 3. The summed E-state index contributed by atoms with van der Waals surface area (Å²) in [6.45, 7) is 10.7. The first-order chi connectivity index (χ1) is 11.0. The predicted molar refractivity (Wildman–Crippen MR) is 96.2 cm³/mol. The van der Waals surface area contributed by atoms with E-state index in [2.05, 4.69) is 34.6 Å². The van der Waals surface area contributed by atoms with Gasteiger partial charge >= 0.3 is 5.97 Å². The summed E-state index contributed by atoms with van der Waals surface area (Å²) >= 11 is 18.0. The van der Waals surface area contributed by atoms with E-state index in [1.807, 2.05) is 0 Å². The summed E-state index contributed by atoms with van der Waals surface area (Å²) in [5.74, 6) is -0.466. The monoisotopic (exact) mass is 394 g/mol. The van der Waals surface area contributed by atoms with E-state index in [0.29, 0.717) is 5.92 Å². The van der Waals surface area contributed by atoms with Gasteiger partial charge in [0.25, 0.3) is 6.47 Å². The second kappa shape index (κ2) is 8.41. The maximum absolute atomic E-state index is 12.5. The molecule has 7 heteroatoms. The molecule has 0 bridgehead atoms. The molecule has 0 N–H and O–H groups in total. The fourth-order valence-electron chi connectivity index (χ4n) is 2.60. The van der Waals surface area contributed by atoms with Crippen molar-refractivity contribution in [3.8, 4) is 5.75 Å². The number of carbonyl (C=O) groups is 2. The van der Waals surface area contributed by atoms with Crippen molar-refractivity contribution in [2.24, 2.45) is 17.3 Å². The molecule has 1 rings (SSSR count). The average molecular weight is 396 g/mol. The van der Waals surface area contributed by atoms with Crippen LogP contribution >= 0.6 is 34.8 Å². The maximum atomic E-state index is 12.5. The van der Waals surface area contributed by atoms with Crippen molar-refractivity contribution < 1.29 is 19.1 Å². The minimum Gasteiger partial charge on any atom is -0.462 e. The van der Waals surface area contributed by atoms with Gasteiger partial charge in [-0.3, -0.25) is 4.79 Å². The third-order valence-electron chi connectivity index (χ3n) is 3.81. The van der Waals surface area contributed by atoms with E-state index in [4.69, 9.17) is 44.3 Å². The van der Waals surface area contributed by atoms with Crippen molar-refractivity contribution in [2.45, 2.75) is 34.6 Å². The van der Waals surface area contributed by atoms with E-state index in [1.54, 1.807) is 0 Å². The third-order valence-corrected chi connectivity index (χ3v) is 4.88. The quantitative estimate of drug-likeness (QED) is 0.354. The van der Waals surface area contributed by atoms with Gasteiger partial charge in [0.2, 0.25) is 0 Å². The number of hydrogen-bond acceptors (Lipinski definition) is 4. The summed E-state index contributed by atoms with van der Waals surface area (Å²) in [5.41, 5.74) is -0.204. The summed E-state index contributed by atoms with van der Waals surface area (Å²) in [5, 5.41) is 0.00236. The molecule has 0 fully saturated rings. The summed E-state index contributed by atoms with van der Waals surface area (Å²) in [6, 6.07) is 1.30. The smallest absolute Gasteiger partial charge is 0.343 e. The normalized spacial score (nSPS) is 12.9. The topological polar surface area (TPSA) is 52.6 Å². The van der Waals surface area contributed by atoms with Crippen molar-refractivity contribution in [3.63, 3.8) is 0 Å². The van der Waals surface area contributed by atoms with E-state index in [0.717, 1.165) is 0 Å². The zero-order valence-electron chi connectivity index (χ0n) is 14.3. The lowest BCUT2D eigenvalue weighted by atomic mass is 9.75. The molecule has 4 nitrogen and oxygen atoms in total. The van der Waals surface area contributed by atoms with E-state index in [9.17, 15) is 9.59 Å². The Morgan fingerprint density at radius 3 is 2.25 bits per heavy atom. The average Bonchev–Trinajstić information content (AvgIpc) is 2.43. The van der Waals surface area contributed by atoms with Gasteiger partial charge in [-0.2, -0.15) is 0 Å². The third kappa shape index (κ3) is 5.01. The van der Waals surface area contributed by atoms with Crippen LogP contribution in [-0.4, -0.2) is 19.0 Å². The lowest BCUT2D eigenvalue weighted by Crippen LogP contribution is -2.31. The number of carbonyl (C=O) groups excluding carboxylic acids is 2. The molecule has 0 saturated carbocycles. The summed E-state index contributed by atoms with van der Waals surface area (Å²) in [7, 11) is 0. The Kier molecular flexibility index (Phi) is 7.39. The van der Waals surface area contributed by atoms with Gasteiger partial charge in [0.1, 0.15) is 5.56 Å². The number of benzene rings is 1. The molecule has 0 radical (unpaired) electrons. The zero-order chi connectivity index (χ0) is 18.7. The largest absolute Gasteiger partial charge is 0.462 e. The molecule has 0 aliphatic heterocycles. The van der Waals surface area contributed by atoms with Gasteiger partial charge in [-0.05, 0) is 17.4 Å². The van der Waals surface area contributed by atoms with Crippen LogP contribution in [0.2, 0.25) is 15.1 Å². The molecule has 0 aliphatic rings. The molecule has 0 amide bonds. The number of ether oxygens (including phenoxy) is 2. The molecule has 0 saturated heterocycles. The van der Waals surface area contributed by atoms with E-state index >= 15 is 0 Å². The number of rotatable bonds is 6. The predicted octanol–water partition coefficient (Wildman–Crippen LogP) is 5.66. The van der Waals surface area contributed by atoms with Crippen LogP contribution in [0.4, 0.5) is 0 Å². The van der Waals surface area contributed by atoms with Crippen molar-refractivity contribution in [2.75, 3.05) is 6.61 Å². The van der Waals surface area contributed by atoms with Gasteiger partial charge in [0, 0.05) is 5.92 Å².